The lowest BCUT2D eigenvalue weighted by Gasteiger charge is -2.36. The van der Waals surface area contributed by atoms with Gasteiger partial charge in [0.1, 0.15) is 0 Å². The zero-order chi connectivity index (χ0) is 12.6. The normalized spacial score (nSPS) is 28.0. The topological polar surface area (TPSA) is 15.3 Å². The van der Waals surface area contributed by atoms with Gasteiger partial charge in [0.15, 0.2) is 0 Å². The summed E-state index contributed by atoms with van der Waals surface area (Å²) in [5.74, 6) is 0. The minimum atomic E-state index is 0.757. The monoisotopic (exact) mass is 252 g/mol. The van der Waals surface area contributed by atoms with Crippen LogP contribution in [0.15, 0.2) is 0 Å². The summed E-state index contributed by atoms with van der Waals surface area (Å²) < 4.78 is 0. The lowest BCUT2D eigenvalue weighted by Crippen LogP contribution is -2.46. The molecule has 1 aliphatic carbocycles. The number of hydrogen-bond donors (Lipinski definition) is 1. The van der Waals surface area contributed by atoms with Crippen LogP contribution >= 0.6 is 0 Å². The van der Waals surface area contributed by atoms with Gasteiger partial charge in [-0.1, -0.05) is 45.4 Å². The highest BCUT2D eigenvalue weighted by Crippen LogP contribution is 2.23. The van der Waals surface area contributed by atoms with Gasteiger partial charge in [-0.05, 0) is 38.8 Å². The molecule has 0 aromatic rings. The van der Waals surface area contributed by atoms with Crippen molar-refractivity contribution in [2.75, 3.05) is 19.6 Å². The van der Waals surface area contributed by atoms with Crippen LogP contribution in [0.2, 0.25) is 0 Å². The molecule has 2 aliphatic rings. The second-order valence-corrected chi connectivity index (χ2v) is 6.23. The average Bonchev–Trinajstić information content (AvgIpc) is 2.39. The number of likely N-dealkylation sites (N-methyl/N-ethyl adjacent to an activating group) is 1. The molecule has 2 rings (SSSR count). The van der Waals surface area contributed by atoms with E-state index in [1.807, 2.05) is 0 Å². The van der Waals surface area contributed by atoms with Crippen molar-refractivity contribution >= 4 is 0 Å². The van der Waals surface area contributed by atoms with Crippen LogP contribution in [0.4, 0.5) is 0 Å². The fourth-order valence-electron chi connectivity index (χ4n) is 3.70. The van der Waals surface area contributed by atoms with Gasteiger partial charge in [-0.25, -0.2) is 0 Å². The van der Waals surface area contributed by atoms with Crippen molar-refractivity contribution in [3.05, 3.63) is 0 Å². The van der Waals surface area contributed by atoms with Crippen LogP contribution in [-0.4, -0.2) is 36.6 Å². The molecule has 1 aliphatic heterocycles. The van der Waals surface area contributed by atoms with E-state index in [-0.39, 0.29) is 0 Å². The molecule has 0 bridgehead atoms. The lowest BCUT2D eigenvalue weighted by molar-refractivity contribution is 0.143. The van der Waals surface area contributed by atoms with Gasteiger partial charge in [0.25, 0.3) is 0 Å². The van der Waals surface area contributed by atoms with Crippen molar-refractivity contribution in [2.24, 2.45) is 0 Å². The molecule has 1 saturated carbocycles. The first-order valence-corrected chi connectivity index (χ1v) is 8.37. The van der Waals surface area contributed by atoms with Crippen molar-refractivity contribution in [2.45, 2.75) is 83.2 Å². The van der Waals surface area contributed by atoms with Crippen LogP contribution in [0.1, 0.15) is 71.1 Å². The number of hydrogen-bond acceptors (Lipinski definition) is 2. The molecule has 0 radical (unpaired) electrons. The predicted molar refractivity (Wildman–Crippen MR) is 79.0 cm³/mol. The second-order valence-electron chi connectivity index (χ2n) is 6.23. The minimum Gasteiger partial charge on any atom is -0.313 e. The zero-order valence-corrected chi connectivity index (χ0v) is 12.3. The minimum absolute atomic E-state index is 0.757. The van der Waals surface area contributed by atoms with Gasteiger partial charge in [-0.3, -0.25) is 4.90 Å². The summed E-state index contributed by atoms with van der Waals surface area (Å²) in [7, 11) is 0. The van der Waals surface area contributed by atoms with Crippen molar-refractivity contribution in [1.82, 2.24) is 10.2 Å². The second kappa shape index (κ2) is 8.16. The maximum absolute atomic E-state index is 3.78. The molecule has 2 nitrogen and oxygen atoms in total. The molecule has 0 spiro atoms. The highest BCUT2D eigenvalue weighted by Gasteiger charge is 2.22. The van der Waals surface area contributed by atoms with Crippen LogP contribution in [0.3, 0.4) is 0 Å². The SMILES string of the molecule is CCN(CC1CCCCCCN1)C1CCCCC1. The van der Waals surface area contributed by atoms with E-state index in [0.717, 1.165) is 12.1 Å². The van der Waals surface area contributed by atoms with Gasteiger partial charge in [0.05, 0.1) is 0 Å². The molecule has 1 heterocycles. The van der Waals surface area contributed by atoms with E-state index in [0.29, 0.717) is 0 Å². The van der Waals surface area contributed by atoms with E-state index in [9.17, 15) is 0 Å². The van der Waals surface area contributed by atoms with Crippen LogP contribution in [0.5, 0.6) is 0 Å². The summed E-state index contributed by atoms with van der Waals surface area (Å²) >= 11 is 0. The van der Waals surface area contributed by atoms with Gasteiger partial charge in [0, 0.05) is 18.6 Å². The molecule has 0 aromatic carbocycles. The Morgan fingerprint density at radius 1 is 0.889 bits per heavy atom. The molecule has 1 saturated heterocycles. The summed E-state index contributed by atoms with van der Waals surface area (Å²) in [5, 5.41) is 3.78. The Balaban J connectivity index is 1.79. The standard InChI is InChI=1S/C16H32N2/c1-2-18(16-11-7-5-8-12-16)14-15-10-6-3-4-9-13-17-15/h15-17H,2-14H2,1H3. The summed E-state index contributed by atoms with van der Waals surface area (Å²) in [6, 6.07) is 1.64. The Kier molecular flexibility index (Phi) is 6.50. The van der Waals surface area contributed by atoms with E-state index >= 15 is 0 Å². The van der Waals surface area contributed by atoms with Crippen molar-refractivity contribution < 1.29 is 0 Å². The first-order valence-electron chi connectivity index (χ1n) is 8.37. The van der Waals surface area contributed by atoms with Crippen molar-refractivity contribution in [3.8, 4) is 0 Å². The summed E-state index contributed by atoms with van der Waals surface area (Å²) in [6.45, 7) is 6.12. The molecular formula is C16H32N2. The Morgan fingerprint density at radius 2 is 1.56 bits per heavy atom. The number of rotatable bonds is 4. The first-order chi connectivity index (χ1) is 8.90. The number of nitrogens with one attached hydrogen (secondary N) is 1. The van der Waals surface area contributed by atoms with E-state index in [1.165, 1.54) is 83.8 Å². The summed E-state index contributed by atoms with van der Waals surface area (Å²) in [4.78, 5) is 2.76. The largest absolute Gasteiger partial charge is 0.313 e. The van der Waals surface area contributed by atoms with Crippen LogP contribution < -0.4 is 5.32 Å². The maximum atomic E-state index is 3.78. The van der Waals surface area contributed by atoms with Crippen molar-refractivity contribution in [3.63, 3.8) is 0 Å². The molecule has 1 atom stereocenters. The van der Waals surface area contributed by atoms with E-state index in [1.54, 1.807) is 0 Å². The highest BCUT2D eigenvalue weighted by atomic mass is 15.2. The lowest BCUT2D eigenvalue weighted by atomic mass is 9.93. The van der Waals surface area contributed by atoms with Gasteiger partial charge < -0.3 is 5.32 Å². The molecular weight excluding hydrogens is 220 g/mol. The van der Waals surface area contributed by atoms with Gasteiger partial charge >= 0.3 is 0 Å². The van der Waals surface area contributed by atoms with E-state index in [2.05, 4.69) is 17.1 Å². The third kappa shape index (κ3) is 4.55. The van der Waals surface area contributed by atoms with Crippen LogP contribution in [-0.2, 0) is 0 Å². The first kappa shape index (κ1) is 14.3. The number of nitrogens with zero attached hydrogens (tertiary/aromatic N) is 1. The zero-order valence-electron chi connectivity index (χ0n) is 12.3. The predicted octanol–water partition coefficient (Wildman–Crippen LogP) is 3.56. The van der Waals surface area contributed by atoms with E-state index in [4.69, 9.17) is 0 Å². The molecule has 1 unspecified atom stereocenters. The molecule has 0 aromatic heterocycles. The average molecular weight is 252 g/mol. The molecule has 0 amide bonds. The molecule has 106 valence electrons. The Labute approximate surface area is 114 Å². The smallest absolute Gasteiger partial charge is 0.0195 e. The van der Waals surface area contributed by atoms with E-state index < -0.39 is 0 Å². The quantitative estimate of drug-likeness (QED) is 0.823. The Morgan fingerprint density at radius 3 is 2.33 bits per heavy atom. The van der Waals surface area contributed by atoms with Crippen molar-refractivity contribution in [1.29, 1.82) is 0 Å². The van der Waals surface area contributed by atoms with Crippen LogP contribution in [0.25, 0.3) is 0 Å². The van der Waals surface area contributed by atoms with Gasteiger partial charge in [-0.2, -0.15) is 0 Å². The summed E-state index contributed by atoms with van der Waals surface area (Å²) in [6.07, 6.45) is 14.4. The third-order valence-electron chi connectivity index (χ3n) is 4.86. The molecule has 18 heavy (non-hydrogen) atoms. The maximum Gasteiger partial charge on any atom is 0.0195 e. The fourth-order valence-corrected chi connectivity index (χ4v) is 3.70. The fraction of sp³-hybridized carbons (Fsp3) is 1.00. The Hall–Kier alpha value is -0.0800. The third-order valence-corrected chi connectivity index (χ3v) is 4.86. The van der Waals surface area contributed by atoms with Crippen LogP contribution in [0, 0.1) is 0 Å². The molecule has 1 N–H and O–H groups in total. The molecule has 2 heteroatoms. The van der Waals surface area contributed by atoms with Gasteiger partial charge in [-0.15, -0.1) is 0 Å². The summed E-state index contributed by atoms with van der Waals surface area (Å²) in [5.41, 5.74) is 0. The molecule has 2 fully saturated rings. The Bertz CT molecular complexity index is 203. The highest BCUT2D eigenvalue weighted by molar-refractivity contribution is 4.80. The van der Waals surface area contributed by atoms with Gasteiger partial charge in [0.2, 0.25) is 0 Å².